The summed E-state index contributed by atoms with van der Waals surface area (Å²) >= 11 is 0. The second-order valence-corrected chi connectivity index (χ2v) is 14.0. The van der Waals surface area contributed by atoms with Gasteiger partial charge < -0.3 is 40.2 Å². The van der Waals surface area contributed by atoms with Gasteiger partial charge in [0.05, 0.1) is 49.4 Å². The second kappa shape index (κ2) is 12.7. The molecule has 52 heavy (non-hydrogen) atoms. The minimum absolute atomic E-state index is 0.00854. The summed E-state index contributed by atoms with van der Waals surface area (Å²) < 4.78 is 17.4. The van der Waals surface area contributed by atoms with E-state index in [9.17, 15) is 39.3 Å². The van der Waals surface area contributed by atoms with Gasteiger partial charge in [-0.3, -0.25) is 14.4 Å². The van der Waals surface area contributed by atoms with Gasteiger partial charge in [-0.05, 0) is 31.1 Å². The molecule has 5 aromatic rings. The molecular formula is C39H40N2O11. The molecule has 5 N–H and O–H groups in total. The average molecular weight is 713 g/mol. The first kappa shape index (κ1) is 36.0. The largest absolute Gasteiger partial charge is 0.504 e. The molecule has 0 aromatic heterocycles. The molecule has 272 valence electrons. The Labute approximate surface area is 297 Å². The molecule has 0 fully saturated rings. The van der Waals surface area contributed by atoms with Crippen LogP contribution >= 0.6 is 0 Å². The zero-order valence-electron chi connectivity index (χ0n) is 30.2. The molecule has 3 atom stereocenters. The Morgan fingerprint density at radius 3 is 1.62 bits per heavy atom. The predicted molar refractivity (Wildman–Crippen MR) is 200 cm³/mol. The van der Waals surface area contributed by atoms with E-state index in [1.165, 1.54) is 40.4 Å². The molecule has 6 rings (SSSR count). The van der Waals surface area contributed by atoms with E-state index in [0.717, 1.165) is 0 Å². The Bertz CT molecular complexity index is 2500. The summed E-state index contributed by atoms with van der Waals surface area (Å²) in [5.41, 5.74) is -0.0203. The number of aromatic hydroxyl groups is 1. The fraction of sp³-hybridized carbons (Fsp3) is 0.359. The van der Waals surface area contributed by atoms with Crippen molar-refractivity contribution < 1.29 is 43.9 Å². The number of benzene rings is 5. The van der Waals surface area contributed by atoms with Crippen molar-refractivity contribution in [1.82, 2.24) is 0 Å². The lowest BCUT2D eigenvalue weighted by Crippen LogP contribution is -2.37. The maximum Gasteiger partial charge on any atom is 0.326 e. The third-order valence-corrected chi connectivity index (χ3v) is 10.1. The topological polar surface area (TPSA) is 198 Å². The van der Waals surface area contributed by atoms with Gasteiger partial charge in [0.2, 0.25) is 0 Å². The van der Waals surface area contributed by atoms with E-state index < -0.39 is 58.4 Å². The molecule has 13 nitrogen and oxygen atoms in total. The number of hydrogen-bond acceptors (Lipinski definition) is 11. The highest BCUT2D eigenvalue weighted by atomic mass is 16.5. The van der Waals surface area contributed by atoms with Crippen molar-refractivity contribution in [2.24, 2.45) is 11.8 Å². The quantitative estimate of drug-likeness (QED) is 0.0774. The minimum Gasteiger partial charge on any atom is -0.504 e. The van der Waals surface area contributed by atoms with Gasteiger partial charge in [-0.1, -0.05) is 39.3 Å². The van der Waals surface area contributed by atoms with Gasteiger partial charge in [0.15, 0.2) is 22.4 Å². The fourth-order valence-corrected chi connectivity index (χ4v) is 7.92. The number of Topliss-reactive ketones (excluding diaryl/α,β-unsaturated/α-hetero) is 1. The normalized spacial score (nSPS) is 15.4. The number of fused-ring (bicyclic) bond motifs is 1. The van der Waals surface area contributed by atoms with Crippen molar-refractivity contribution in [3.8, 4) is 23.0 Å². The molecule has 1 aliphatic rings. The van der Waals surface area contributed by atoms with E-state index in [1.807, 2.05) is 0 Å². The number of aliphatic carboxylic acids is 2. The lowest BCUT2D eigenvalue weighted by atomic mass is 9.80. The van der Waals surface area contributed by atoms with Crippen LogP contribution in [0.5, 0.6) is 23.0 Å². The summed E-state index contributed by atoms with van der Waals surface area (Å²) in [6, 6.07) is -0.0139. The Morgan fingerprint density at radius 2 is 1.17 bits per heavy atom. The van der Waals surface area contributed by atoms with Crippen LogP contribution in [0.1, 0.15) is 58.6 Å². The zero-order valence-corrected chi connectivity index (χ0v) is 30.2. The number of ketones is 1. The number of hydrogen-bond donors (Lipinski definition) is 5. The monoisotopic (exact) mass is 712 g/mol. The Morgan fingerprint density at radius 1 is 0.692 bits per heavy atom. The fourth-order valence-electron chi connectivity index (χ4n) is 7.92. The van der Waals surface area contributed by atoms with Crippen LogP contribution in [0.15, 0.2) is 27.3 Å². The average Bonchev–Trinajstić information content (AvgIpc) is 3.19. The number of phenolic OH excluding ortho intramolecular Hbond substituents is 1. The summed E-state index contributed by atoms with van der Waals surface area (Å²) in [7, 11) is 4.05. The summed E-state index contributed by atoms with van der Waals surface area (Å²) in [6.45, 7) is 9.89. The van der Waals surface area contributed by atoms with Crippen molar-refractivity contribution in [2.45, 2.75) is 59.5 Å². The number of ether oxygens (including phenoxy) is 3. The maximum atomic E-state index is 14.5. The van der Waals surface area contributed by atoms with Gasteiger partial charge in [0.1, 0.15) is 29.4 Å². The number of allylic oxidation sites excluding steroid dienone is 1. The first-order valence-electron chi connectivity index (χ1n) is 16.8. The summed E-state index contributed by atoms with van der Waals surface area (Å²) in [5.74, 6) is -5.18. The third-order valence-electron chi connectivity index (χ3n) is 10.1. The van der Waals surface area contributed by atoms with Crippen LogP contribution in [0, 0.1) is 11.8 Å². The Kier molecular flexibility index (Phi) is 8.80. The van der Waals surface area contributed by atoms with Crippen molar-refractivity contribution >= 4 is 78.3 Å². The van der Waals surface area contributed by atoms with E-state index >= 15 is 0 Å². The Balaban J connectivity index is 2.10. The first-order chi connectivity index (χ1) is 24.5. The molecule has 3 unspecified atom stereocenters. The number of anilines is 2. The van der Waals surface area contributed by atoms with Gasteiger partial charge in [0.25, 0.3) is 0 Å². The zero-order chi connectivity index (χ0) is 38.2. The van der Waals surface area contributed by atoms with E-state index in [2.05, 4.69) is 10.6 Å². The lowest BCUT2D eigenvalue weighted by Gasteiger charge is -2.29. The van der Waals surface area contributed by atoms with E-state index in [-0.39, 0.29) is 61.5 Å². The molecule has 0 amide bonds. The van der Waals surface area contributed by atoms with Crippen molar-refractivity contribution in [3.05, 3.63) is 49.3 Å². The highest BCUT2D eigenvalue weighted by Gasteiger charge is 2.39. The SMILES string of the molecule is COc1c(O)c2c(=O)cc(OC)c3c4c(OC)cc(=O)c5c(NC(C(=O)O)C(C)C)c(NC(C(=O)O)C(C)C)c6c(c(c1C(C(C)=O)C(C)=C6)c23)c54. The van der Waals surface area contributed by atoms with Gasteiger partial charge in [-0.2, -0.15) is 0 Å². The molecular weight excluding hydrogens is 672 g/mol. The van der Waals surface area contributed by atoms with Gasteiger partial charge >= 0.3 is 11.9 Å². The van der Waals surface area contributed by atoms with Crippen LogP contribution in [-0.2, 0) is 14.4 Å². The first-order valence-corrected chi connectivity index (χ1v) is 16.8. The highest BCUT2D eigenvalue weighted by molar-refractivity contribution is 6.41. The number of phenols is 1. The van der Waals surface area contributed by atoms with Crippen LogP contribution in [0.3, 0.4) is 0 Å². The number of carboxylic acid groups (broad SMARTS) is 2. The summed E-state index contributed by atoms with van der Waals surface area (Å²) in [6.07, 6.45) is 1.69. The maximum absolute atomic E-state index is 14.5. The van der Waals surface area contributed by atoms with Crippen molar-refractivity contribution in [1.29, 1.82) is 0 Å². The molecule has 0 radical (unpaired) electrons. The molecule has 0 saturated carbocycles. The van der Waals surface area contributed by atoms with E-state index in [0.29, 0.717) is 32.7 Å². The molecule has 5 aromatic carbocycles. The third kappa shape index (κ3) is 5.01. The molecule has 0 saturated heterocycles. The number of carbonyl (C=O) groups is 3. The van der Waals surface area contributed by atoms with Crippen molar-refractivity contribution in [2.75, 3.05) is 32.0 Å². The number of nitrogens with one attached hydrogen (secondary N) is 2. The summed E-state index contributed by atoms with van der Waals surface area (Å²) in [5, 5.41) is 40.4. The second-order valence-electron chi connectivity index (χ2n) is 14.0. The highest BCUT2D eigenvalue weighted by Crippen LogP contribution is 2.58. The molecule has 0 spiro atoms. The number of carbonyl (C=O) groups excluding carboxylic acids is 1. The lowest BCUT2D eigenvalue weighted by molar-refractivity contribution is -0.139. The molecule has 0 bridgehead atoms. The molecule has 13 heteroatoms. The van der Waals surface area contributed by atoms with Gasteiger partial charge in [-0.25, -0.2) is 9.59 Å². The molecule has 0 heterocycles. The summed E-state index contributed by atoms with van der Waals surface area (Å²) in [4.78, 5) is 67.6. The standard InChI is InChI=1S/C39H40N2O11/c1-13(2)32(38(46)47)40-34-17-10-15(5)22(16(6)42)31-29-23(17)28-24(35(34)41-33(14(3)4)39(48)49)18(43)11-20(50-7)26(28)27-21(51-8)12-19(44)25(30(27)29)36(45)37(31)52-9/h10-14,22,32-33,40-41,45H,1-9H3,(H,46,47)(H,48,49). The van der Waals surface area contributed by atoms with E-state index in [1.54, 1.807) is 40.7 Å². The van der Waals surface area contributed by atoms with Gasteiger partial charge in [-0.15, -0.1) is 0 Å². The van der Waals surface area contributed by atoms with Crippen LogP contribution in [-0.4, -0.2) is 66.5 Å². The predicted octanol–water partition coefficient (Wildman–Crippen LogP) is 5.76. The number of carboxylic acids is 2. The van der Waals surface area contributed by atoms with Gasteiger partial charge in [0, 0.05) is 50.2 Å². The van der Waals surface area contributed by atoms with Crippen LogP contribution < -0.4 is 35.7 Å². The smallest absolute Gasteiger partial charge is 0.326 e. The van der Waals surface area contributed by atoms with E-state index in [4.69, 9.17) is 14.2 Å². The van der Waals surface area contributed by atoms with Crippen molar-refractivity contribution in [3.63, 3.8) is 0 Å². The Hall–Kier alpha value is -5.85. The minimum atomic E-state index is -1.24. The van der Waals surface area contributed by atoms with Crippen LogP contribution in [0.25, 0.3) is 49.2 Å². The number of methoxy groups -OCH3 is 3. The van der Waals surface area contributed by atoms with Crippen LogP contribution in [0.2, 0.25) is 0 Å². The molecule has 0 aliphatic heterocycles. The van der Waals surface area contributed by atoms with Crippen LogP contribution in [0.4, 0.5) is 11.4 Å². The molecule has 1 aliphatic carbocycles. The number of rotatable bonds is 12.